The van der Waals surface area contributed by atoms with Gasteiger partial charge < -0.3 is 16.0 Å². The molecule has 0 spiro atoms. The van der Waals surface area contributed by atoms with Crippen LogP contribution in [0.25, 0.3) is 0 Å². The van der Waals surface area contributed by atoms with Crippen LogP contribution in [-0.4, -0.2) is 37.6 Å². The molecule has 0 bridgehead atoms. The smallest absolute Gasteiger partial charge is 0.314 e. The number of nitrogens with zero attached hydrogens (tertiary/aromatic N) is 1. The third-order valence-corrected chi connectivity index (χ3v) is 2.73. The van der Waals surface area contributed by atoms with Gasteiger partial charge in [-0.3, -0.25) is 0 Å². The lowest BCUT2D eigenvalue weighted by Gasteiger charge is -2.30. The molecule has 0 aromatic carbocycles. The second-order valence-corrected chi connectivity index (χ2v) is 3.66. The molecule has 4 heteroatoms. The highest BCUT2D eigenvalue weighted by atomic mass is 16.2. The first-order chi connectivity index (χ1) is 6.24. The van der Waals surface area contributed by atoms with E-state index >= 15 is 0 Å². The molecule has 1 saturated heterocycles. The van der Waals surface area contributed by atoms with E-state index in [0.29, 0.717) is 0 Å². The molecule has 0 unspecified atom stereocenters. The first-order valence-electron chi connectivity index (χ1n) is 4.93. The largest absolute Gasteiger partial charge is 0.351 e. The number of nitrogens with one attached hydrogen (secondary N) is 1. The molecule has 13 heavy (non-hydrogen) atoms. The zero-order valence-electron chi connectivity index (χ0n) is 8.25. The van der Waals surface area contributed by atoms with Crippen molar-refractivity contribution in [2.24, 2.45) is 11.7 Å². The summed E-state index contributed by atoms with van der Waals surface area (Å²) in [5.41, 5.74) is 5.19. The van der Waals surface area contributed by atoms with Crippen molar-refractivity contribution in [3.05, 3.63) is 0 Å². The number of hydrogen-bond donors (Lipinski definition) is 2. The molecule has 1 aliphatic heterocycles. The van der Waals surface area contributed by atoms with Gasteiger partial charge in [-0.2, -0.15) is 0 Å². The van der Waals surface area contributed by atoms with Gasteiger partial charge in [-0.15, -0.1) is 0 Å². The van der Waals surface area contributed by atoms with Gasteiger partial charge in [0.15, 0.2) is 0 Å². The van der Waals surface area contributed by atoms with Crippen molar-refractivity contribution in [1.82, 2.24) is 10.2 Å². The minimum atomic E-state index is -0.271. The van der Waals surface area contributed by atoms with Crippen molar-refractivity contribution in [2.75, 3.05) is 26.7 Å². The van der Waals surface area contributed by atoms with E-state index in [1.807, 2.05) is 7.05 Å². The number of amides is 2. The number of likely N-dealkylation sites (tertiary alicyclic amines) is 1. The Labute approximate surface area is 79.5 Å². The average Bonchev–Trinajstić information content (AvgIpc) is 2.15. The summed E-state index contributed by atoms with van der Waals surface area (Å²) in [7, 11) is 1.97. The predicted molar refractivity (Wildman–Crippen MR) is 52.4 cm³/mol. The van der Waals surface area contributed by atoms with Gasteiger partial charge in [0.05, 0.1) is 0 Å². The number of urea groups is 1. The molecule has 0 aliphatic carbocycles. The maximum absolute atomic E-state index is 10.8. The van der Waals surface area contributed by atoms with Crippen LogP contribution in [0.3, 0.4) is 0 Å². The molecule has 0 saturated carbocycles. The van der Waals surface area contributed by atoms with Crippen LogP contribution in [0.1, 0.15) is 19.3 Å². The van der Waals surface area contributed by atoms with Crippen LogP contribution in [0, 0.1) is 5.92 Å². The molecule has 3 N–H and O–H groups in total. The number of piperidine rings is 1. The number of primary amides is 1. The molecule has 1 fully saturated rings. The van der Waals surface area contributed by atoms with Crippen LogP contribution >= 0.6 is 0 Å². The summed E-state index contributed by atoms with van der Waals surface area (Å²) >= 11 is 0. The minimum Gasteiger partial charge on any atom is -0.351 e. The number of rotatable bonds is 3. The molecule has 0 atom stereocenters. The van der Waals surface area contributed by atoms with E-state index in [1.54, 1.807) is 4.90 Å². The lowest BCUT2D eigenvalue weighted by atomic mass is 9.94. The molecule has 1 rings (SSSR count). The van der Waals surface area contributed by atoms with E-state index in [-0.39, 0.29) is 6.03 Å². The molecule has 1 heterocycles. The van der Waals surface area contributed by atoms with Crippen LogP contribution in [0.5, 0.6) is 0 Å². The van der Waals surface area contributed by atoms with Gasteiger partial charge in [-0.05, 0) is 38.8 Å². The summed E-state index contributed by atoms with van der Waals surface area (Å²) in [6, 6.07) is -0.271. The van der Waals surface area contributed by atoms with Gasteiger partial charge in [-0.1, -0.05) is 0 Å². The molecular formula is C9H19N3O. The maximum Gasteiger partial charge on any atom is 0.314 e. The summed E-state index contributed by atoms with van der Waals surface area (Å²) in [5.74, 6) is 0.767. The Morgan fingerprint density at radius 1 is 1.54 bits per heavy atom. The summed E-state index contributed by atoms with van der Waals surface area (Å²) < 4.78 is 0. The Morgan fingerprint density at radius 3 is 2.62 bits per heavy atom. The van der Waals surface area contributed by atoms with Crippen LogP contribution in [0.2, 0.25) is 0 Å². The lowest BCUT2D eigenvalue weighted by Crippen LogP contribution is -2.41. The highest BCUT2D eigenvalue weighted by molar-refractivity contribution is 5.72. The molecule has 0 aromatic rings. The van der Waals surface area contributed by atoms with Crippen LogP contribution in [0.15, 0.2) is 0 Å². The number of hydrogen-bond acceptors (Lipinski definition) is 2. The molecule has 76 valence electrons. The third-order valence-electron chi connectivity index (χ3n) is 2.73. The molecule has 2 amide bonds. The summed E-state index contributed by atoms with van der Waals surface area (Å²) in [6.07, 6.45) is 3.42. The first-order valence-corrected chi connectivity index (χ1v) is 4.93. The summed E-state index contributed by atoms with van der Waals surface area (Å²) in [6.45, 7) is 2.74. The van der Waals surface area contributed by atoms with Crippen LogP contribution in [0.4, 0.5) is 4.79 Å². The Balaban J connectivity index is 2.18. The molecule has 0 aromatic heterocycles. The van der Waals surface area contributed by atoms with E-state index < -0.39 is 0 Å². The fraction of sp³-hybridized carbons (Fsp3) is 0.889. The summed E-state index contributed by atoms with van der Waals surface area (Å²) in [4.78, 5) is 12.5. The second-order valence-electron chi connectivity index (χ2n) is 3.66. The minimum absolute atomic E-state index is 0.271. The van der Waals surface area contributed by atoms with E-state index in [9.17, 15) is 4.79 Å². The van der Waals surface area contributed by atoms with Gasteiger partial charge in [0, 0.05) is 13.1 Å². The van der Waals surface area contributed by atoms with Gasteiger partial charge in [0.25, 0.3) is 0 Å². The zero-order chi connectivity index (χ0) is 9.68. The summed E-state index contributed by atoms with van der Waals surface area (Å²) in [5, 5.41) is 3.14. The third kappa shape index (κ3) is 3.22. The van der Waals surface area contributed by atoms with Crippen molar-refractivity contribution < 1.29 is 4.79 Å². The Bertz CT molecular complexity index is 164. The monoisotopic (exact) mass is 185 g/mol. The fourth-order valence-electron chi connectivity index (χ4n) is 1.79. The van der Waals surface area contributed by atoms with E-state index in [2.05, 4.69) is 5.32 Å². The molecule has 0 radical (unpaired) electrons. The second kappa shape index (κ2) is 5.07. The van der Waals surface area contributed by atoms with E-state index in [1.165, 1.54) is 6.42 Å². The Hall–Kier alpha value is -0.770. The first kappa shape index (κ1) is 10.3. The Morgan fingerprint density at radius 2 is 2.15 bits per heavy atom. The maximum atomic E-state index is 10.8. The number of nitrogens with two attached hydrogens (primary N) is 1. The Kier molecular flexibility index (Phi) is 4.02. The highest BCUT2D eigenvalue weighted by Crippen LogP contribution is 2.19. The fourth-order valence-corrected chi connectivity index (χ4v) is 1.79. The van der Waals surface area contributed by atoms with Crippen molar-refractivity contribution in [3.8, 4) is 0 Å². The van der Waals surface area contributed by atoms with Gasteiger partial charge >= 0.3 is 6.03 Å². The van der Waals surface area contributed by atoms with E-state index in [0.717, 1.165) is 38.4 Å². The normalized spacial score (nSPS) is 19.0. The van der Waals surface area contributed by atoms with Crippen LogP contribution < -0.4 is 11.1 Å². The van der Waals surface area contributed by atoms with Crippen molar-refractivity contribution in [3.63, 3.8) is 0 Å². The van der Waals surface area contributed by atoms with Gasteiger partial charge in [0.2, 0.25) is 0 Å². The van der Waals surface area contributed by atoms with Gasteiger partial charge in [0.1, 0.15) is 0 Å². The number of carbonyl (C=O) groups is 1. The SMILES string of the molecule is CNCCC1CCN(C(N)=O)CC1. The molecule has 4 nitrogen and oxygen atoms in total. The van der Waals surface area contributed by atoms with Crippen LogP contribution in [-0.2, 0) is 0 Å². The van der Waals surface area contributed by atoms with Crippen molar-refractivity contribution in [2.45, 2.75) is 19.3 Å². The lowest BCUT2D eigenvalue weighted by molar-refractivity contribution is 0.176. The zero-order valence-corrected chi connectivity index (χ0v) is 8.25. The molecular weight excluding hydrogens is 166 g/mol. The van der Waals surface area contributed by atoms with Gasteiger partial charge in [-0.25, -0.2) is 4.79 Å². The number of carbonyl (C=O) groups excluding carboxylic acids is 1. The highest BCUT2D eigenvalue weighted by Gasteiger charge is 2.20. The van der Waals surface area contributed by atoms with E-state index in [4.69, 9.17) is 5.73 Å². The predicted octanol–water partition coefficient (Wildman–Crippen LogP) is 0.387. The quantitative estimate of drug-likeness (QED) is 0.668. The molecule has 1 aliphatic rings. The topological polar surface area (TPSA) is 58.4 Å². The van der Waals surface area contributed by atoms with Crippen molar-refractivity contribution >= 4 is 6.03 Å². The van der Waals surface area contributed by atoms with Crippen molar-refractivity contribution in [1.29, 1.82) is 0 Å². The average molecular weight is 185 g/mol. The standard InChI is InChI=1S/C9H19N3O/c1-11-5-2-8-3-6-12(7-4-8)9(10)13/h8,11H,2-7H2,1H3,(H2,10,13).